The van der Waals surface area contributed by atoms with Crippen LogP contribution in [0.5, 0.6) is 0 Å². The van der Waals surface area contributed by atoms with E-state index in [9.17, 15) is 18.0 Å². The minimum Gasteiger partial charge on any atom is -0.465 e. The van der Waals surface area contributed by atoms with Crippen LogP contribution in [0.15, 0.2) is 83.8 Å². The SMILES string of the molecule is COC(=O)c1cc2cc(NC(=O)CCc3ccc(S(=O)(=O)N[C@H](C)c4ccccc4)cc3)ccc2s1. The Kier molecular flexibility index (Phi) is 7.83. The molecule has 9 heteroatoms. The molecule has 1 aromatic heterocycles. The molecule has 4 aromatic rings. The molecule has 0 aliphatic carbocycles. The van der Waals surface area contributed by atoms with Crippen molar-refractivity contribution < 1.29 is 22.7 Å². The van der Waals surface area contributed by atoms with Gasteiger partial charge in [0.25, 0.3) is 0 Å². The van der Waals surface area contributed by atoms with Crippen molar-refractivity contribution in [2.75, 3.05) is 12.4 Å². The molecule has 3 aromatic carbocycles. The fourth-order valence-corrected chi connectivity index (χ4v) is 5.94. The lowest BCUT2D eigenvalue weighted by molar-refractivity contribution is -0.116. The number of methoxy groups -OCH3 is 1. The largest absolute Gasteiger partial charge is 0.465 e. The highest BCUT2D eigenvalue weighted by Crippen LogP contribution is 2.28. The van der Waals surface area contributed by atoms with Gasteiger partial charge in [-0.25, -0.2) is 17.9 Å². The predicted molar refractivity (Wildman–Crippen MR) is 142 cm³/mol. The topological polar surface area (TPSA) is 102 Å². The normalized spacial score (nSPS) is 12.3. The summed E-state index contributed by atoms with van der Waals surface area (Å²) in [5.74, 6) is -0.546. The Bertz CT molecular complexity index is 1480. The van der Waals surface area contributed by atoms with Crippen molar-refractivity contribution in [1.29, 1.82) is 0 Å². The zero-order valence-electron chi connectivity index (χ0n) is 19.9. The molecule has 1 atom stereocenters. The van der Waals surface area contributed by atoms with Gasteiger partial charge in [0.15, 0.2) is 0 Å². The first-order valence-electron chi connectivity index (χ1n) is 11.3. The number of sulfonamides is 1. The molecule has 0 unspecified atom stereocenters. The van der Waals surface area contributed by atoms with Gasteiger partial charge in [-0.05, 0) is 66.3 Å². The van der Waals surface area contributed by atoms with Crippen molar-refractivity contribution in [3.8, 4) is 0 Å². The molecular weight excluding hydrogens is 496 g/mol. The van der Waals surface area contributed by atoms with Crippen LogP contribution in [-0.2, 0) is 26.0 Å². The Labute approximate surface area is 214 Å². The number of ether oxygens (including phenoxy) is 1. The fourth-order valence-electron chi connectivity index (χ4n) is 3.75. The van der Waals surface area contributed by atoms with Crippen LogP contribution < -0.4 is 10.0 Å². The van der Waals surface area contributed by atoms with E-state index in [1.165, 1.54) is 18.4 Å². The van der Waals surface area contributed by atoms with Crippen LogP contribution in [0.25, 0.3) is 10.1 Å². The van der Waals surface area contributed by atoms with E-state index in [0.29, 0.717) is 17.0 Å². The van der Waals surface area contributed by atoms with Gasteiger partial charge < -0.3 is 10.1 Å². The first-order chi connectivity index (χ1) is 17.2. The lowest BCUT2D eigenvalue weighted by Crippen LogP contribution is -2.26. The number of carbonyl (C=O) groups is 2. The van der Waals surface area contributed by atoms with Gasteiger partial charge in [-0.2, -0.15) is 0 Å². The monoisotopic (exact) mass is 522 g/mol. The summed E-state index contributed by atoms with van der Waals surface area (Å²) in [5, 5.41) is 3.73. The van der Waals surface area contributed by atoms with Gasteiger partial charge in [0.1, 0.15) is 4.88 Å². The quantitative estimate of drug-likeness (QED) is 0.291. The van der Waals surface area contributed by atoms with Crippen molar-refractivity contribution in [3.05, 3.63) is 94.9 Å². The second kappa shape index (κ2) is 11.0. The van der Waals surface area contributed by atoms with Crippen molar-refractivity contribution in [3.63, 3.8) is 0 Å². The Morgan fingerprint density at radius 3 is 2.39 bits per heavy atom. The van der Waals surface area contributed by atoms with Crippen LogP contribution in [0.1, 0.15) is 40.2 Å². The summed E-state index contributed by atoms with van der Waals surface area (Å²) < 4.78 is 33.9. The van der Waals surface area contributed by atoms with E-state index in [1.807, 2.05) is 42.5 Å². The Hall–Kier alpha value is -3.53. The van der Waals surface area contributed by atoms with Crippen LogP contribution in [0.2, 0.25) is 0 Å². The van der Waals surface area contributed by atoms with E-state index < -0.39 is 10.0 Å². The summed E-state index contributed by atoms with van der Waals surface area (Å²) in [6.45, 7) is 1.80. The molecule has 0 aliphatic heterocycles. The Balaban J connectivity index is 1.33. The van der Waals surface area contributed by atoms with Crippen LogP contribution >= 0.6 is 11.3 Å². The average molecular weight is 523 g/mol. The zero-order chi connectivity index (χ0) is 25.7. The standard InChI is InChI=1S/C27H26N2O5S2/c1-18(20-6-4-3-5-7-20)29-36(32,33)23-12-8-19(9-13-23)10-15-26(30)28-22-11-14-24-21(16-22)17-25(35-24)27(31)34-2/h3-9,11-14,16-18,29H,10,15H2,1-2H3,(H,28,30)/t18-/m1/s1. The number of hydrogen-bond donors (Lipinski definition) is 2. The van der Waals surface area contributed by atoms with E-state index in [-0.39, 0.29) is 29.2 Å². The van der Waals surface area contributed by atoms with Crippen LogP contribution in [-0.4, -0.2) is 27.4 Å². The summed E-state index contributed by atoms with van der Waals surface area (Å²) in [7, 11) is -2.34. The predicted octanol–water partition coefficient (Wildman–Crippen LogP) is 5.30. The number of thiophene rings is 1. The molecule has 0 spiro atoms. The minimum absolute atomic E-state index is 0.159. The minimum atomic E-state index is -3.68. The fraction of sp³-hybridized carbons (Fsp3) is 0.185. The number of esters is 1. The van der Waals surface area contributed by atoms with E-state index in [2.05, 4.69) is 10.0 Å². The van der Waals surface area contributed by atoms with E-state index in [1.54, 1.807) is 43.3 Å². The maximum atomic E-state index is 12.7. The van der Waals surface area contributed by atoms with Crippen molar-refractivity contribution in [2.24, 2.45) is 0 Å². The lowest BCUT2D eigenvalue weighted by Gasteiger charge is -2.15. The zero-order valence-corrected chi connectivity index (χ0v) is 21.5. The van der Waals surface area contributed by atoms with E-state index in [0.717, 1.165) is 21.2 Å². The molecule has 0 radical (unpaired) electrons. The highest BCUT2D eigenvalue weighted by atomic mass is 32.2. The number of fused-ring (bicyclic) bond motifs is 1. The van der Waals surface area contributed by atoms with Crippen molar-refractivity contribution in [2.45, 2.75) is 30.7 Å². The maximum absolute atomic E-state index is 12.7. The molecule has 1 heterocycles. The Morgan fingerprint density at radius 2 is 1.69 bits per heavy atom. The molecule has 0 aliphatic rings. The summed E-state index contributed by atoms with van der Waals surface area (Å²) in [6.07, 6.45) is 0.706. The first-order valence-corrected chi connectivity index (χ1v) is 13.6. The van der Waals surface area contributed by atoms with Gasteiger partial charge in [-0.15, -0.1) is 11.3 Å². The summed E-state index contributed by atoms with van der Waals surface area (Å²) in [5.41, 5.74) is 2.38. The van der Waals surface area contributed by atoms with Crippen LogP contribution in [0.3, 0.4) is 0 Å². The van der Waals surface area contributed by atoms with Crippen molar-refractivity contribution >= 4 is 49.0 Å². The molecule has 7 nitrogen and oxygen atoms in total. The van der Waals surface area contributed by atoms with Gasteiger partial charge in [-0.1, -0.05) is 42.5 Å². The van der Waals surface area contributed by atoms with Crippen LogP contribution in [0, 0.1) is 0 Å². The molecule has 4 rings (SSSR count). The molecule has 1 amide bonds. The third-order valence-electron chi connectivity index (χ3n) is 5.69. The van der Waals surface area contributed by atoms with Gasteiger partial charge in [0.05, 0.1) is 12.0 Å². The second-order valence-corrected chi connectivity index (χ2v) is 11.1. The highest BCUT2D eigenvalue weighted by Gasteiger charge is 2.18. The molecule has 0 saturated carbocycles. The number of benzene rings is 3. The average Bonchev–Trinajstić information content (AvgIpc) is 3.31. The summed E-state index contributed by atoms with van der Waals surface area (Å²) >= 11 is 1.34. The number of aryl methyl sites for hydroxylation is 1. The summed E-state index contributed by atoms with van der Waals surface area (Å²) in [4.78, 5) is 24.9. The molecule has 186 valence electrons. The van der Waals surface area contributed by atoms with Gasteiger partial charge in [0.2, 0.25) is 15.9 Å². The smallest absolute Gasteiger partial charge is 0.348 e. The first kappa shape index (κ1) is 25.6. The highest BCUT2D eigenvalue weighted by molar-refractivity contribution is 7.89. The lowest BCUT2D eigenvalue weighted by atomic mass is 10.1. The number of amides is 1. The maximum Gasteiger partial charge on any atom is 0.348 e. The number of carbonyl (C=O) groups excluding carboxylic acids is 2. The third kappa shape index (κ3) is 6.17. The molecular formula is C27H26N2O5S2. The number of nitrogens with one attached hydrogen (secondary N) is 2. The van der Waals surface area contributed by atoms with Gasteiger partial charge in [0, 0.05) is 22.8 Å². The number of hydrogen-bond acceptors (Lipinski definition) is 6. The molecule has 0 saturated heterocycles. The molecule has 0 bridgehead atoms. The van der Waals surface area contributed by atoms with Crippen molar-refractivity contribution in [1.82, 2.24) is 4.72 Å². The van der Waals surface area contributed by atoms with Crippen LogP contribution in [0.4, 0.5) is 5.69 Å². The molecule has 2 N–H and O–H groups in total. The second-order valence-electron chi connectivity index (χ2n) is 8.30. The molecule has 0 fully saturated rings. The van der Waals surface area contributed by atoms with Gasteiger partial charge in [-0.3, -0.25) is 4.79 Å². The van der Waals surface area contributed by atoms with Gasteiger partial charge >= 0.3 is 5.97 Å². The van der Waals surface area contributed by atoms with E-state index >= 15 is 0 Å². The van der Waals surface area contributed by atoms with E-state index in [4.69, 9.17) is 4.74 Å². The number of anilines is 1. The summed E-state index contributed by atoms with van der Waals surface area (Å²) in [6, 6.07) is 22.8. The number of rotatable bonds is 9. The Morgan fingerprint density at radius 1 is 0.972 bits per heavy atom. The molecule has 36 heavy (non-hydrogen) atoms. The third-order valence-corrected chi connectivity index (χ3v) is 8.35.